The highest BCUT2D eigenvalue weighted by Crippen LogP contribution is 2.19. The highest BCUT2D eigenvalue weighted by molar-refractivity contribution is 5.68. The SMILES string of the molecule is CC1=Cc2ncccc2NC1. The maximum atomic E-state index is 4.23. The number of aromatic nitrogens is 1. The van der Waals surface area contributed by atoms with Gasteiger partial charge in [-0.15, -0.1) is 0 Å². The largest absolute Gasteiger partial charge is 0.380 e. The van der Waals surface area contributed by atoms with E-state index in [9.17, 15) is 0 Å². The second-order valence-electron chi connectivity index (χ2n) is 2.78. The molecule has 1 aliphatic rings. The average molecular weight is 146 g/mol. The summed E-state index contributed by atoms with van der Waals surface area (Å²) in [5, 5.41) is 3.28. The average Bonchev–Trinajstić information content (AvgIpc) is 2.04. The first-order valence-corrected chi connectivity index (χ1v) is 3.72. The Morgan fingerprint density at radius 3 is 3.36 bits per heavy atom. The van der Waals surface area contributed by atoms with Gasteiger partial charge in [-0.3, -0.25) is 4.98 Å². The van der Waals surface area contributed by atoms with E-state index in [2.05, 4.69) is 23.3 Å². The quantitative estimate of drug-likeness (QED) is 0.604. The molecular formula is C9H10N2. The molecule has 0 saturated carbocycles. The van der Waals surface area contributed by atoms with Crippen LogP contribution in [0.4, 0.5) is 5.69 Å². The van der Waals surface area contributed by atoms with Crippen LogP contribution in [0.1, 0.15) is 12.6 Å². The van der Waals surface area contributed by atoms with Gasteiger partial charge in [0.25, 0.3) is 0 Å². The van der Waals surface area contributed by atoms with Crippen molar-refractivity contribution in [3.63, 3.8) is 0 Å². The van der Waals surface area contributed by atoms with Crippen LogP contribution in [-0.4, -0.2) is 11.5 Å². The lowest BCUT2D eigenvalue weighted by Crippen LogP contribution is -2.09. The van der Waals surface area contributed by atoms with Gasteiger partial charge in [0.05, 0.1) is 11.4 Å². The molecule has 2 heteroatoms. The number of fused-ring (bicyclic) bond motifs is 1. The molecule has 2 heterocycles. The van der Waals surface area contributed by atoms with Gasteiger partial charge in [-0.2, -0.15) is 0 Å². The fraction of sp³-hybridized carbons (Fsp3) is 0.222. The molecule has 11 heavy (non-hydrogen) atoms. The van der Waals surface area contributed by atoms with Gasteiger partial charge in [0.2, 0.25) is 0 Å². The number of pyridine rings is 1. The van der Waals surface area contributed by atoms with Crippen molar-refractivity contribution in [2.45, 2.75) is 6.92 Å². The highest BCUT2D eigenvalue weighted by atomic mass is 14.9. The van der Waals surface area contributed by atoms with Crippen molar-refractivity contribution in [3.8, 4) is 0 Å². The van der Waals surface area contributed by atoms with Crippen LogP contribution in [-0.2, 0) is 0 Å². The molecule has 0 radical (unpaired) electrons. The number of nitrogens with zero attached hydrogens (tertiary/aromatic N) is 1. The molecule has 0 aliphatic carbocycles. The molecule has 0 bridgehead atoms. The molecule has 1 aromatic rings. The van der Waals surface area contributed by atoms with Crippen LogP contribution >= 0.6 is 0 Å². The maximum Gasteiger partial charge on any atom is 0.0861 e. The predicted molar refractivity (Wildman–Crippen MR) is 46.4 cm³/mol. The predicted octanol–water partition coefficient (Wildman–Crippen LogP) is 1.91. The van der Waals surface area contributed by atoms with Crippen molar-refractivity contribution >= 4 is 11.8 Å². The Labute approximate surface area is 66.0 Å². The zero-order valence-electron chi connectivity index (χ0n) is 6.46. The first-order valence-electron chi connectivity index (χ1n) is 3.72. The summed E-state index contributed by atoms with van der Waals surface area (Å²) in [5.74, 6) is 0. The molecule has 1 aromatic heterocycles. The lowest BCUT2D eigenvalue weighted by atomic mass is 10.1. The summed E-state index contributed by atoms with van der Waals surface area (Å²) in [5.41, 5.74) is 3.52. The third-order valence-electron chi connectivity index (χ3n) is 1.78. The minimum atomic E-state index is 0.943. The molecule has 56 valence electrons. The lowest BCUT2D eigenvalue weighted by molar-refractivity contribution is 1.15. The van der Waals surface area contributed by atoms with E-state index in [0.717, 1.165) is 17.9 Å². The van der Waals surface area contributed by atoms with Gasteiger partial charge in [0, 0.05) is 12.7 Å². The Kier molecular flexibility index (Phi) is 1.39. The number of anilines is 1. The molecule has 1 N–H and O–H groups in total. The molecule has 0 aromatic carbocycles. The molecule has 0 amide bonds. The third kappa shape index (κ3) is 1.11. The van der Waals surface area contributed by atoms with E-state index in [-0.39, 0.29) is 0 Å². The summed E-state index contributed by atoms with van der Waals surface area (Å²) in [4.78, 5) is 4.23. The van der Waals surface area contributed by atoms with Gasteiger partial charge in [0.15, 0.2) is 0 Å². The van der Waals surface area contributed by atoms with Crippen LogP contribution in [0.3, 0.4) is 0 Å². The third-order valence-corrected chi connectivity index (χ3v) is 1.78. The van der Waals surface area contributed by atoms with Crippen LogP contribution in [0.15, 0.2) is 23.9 Å². The summed E-state index contributed by atoms with van der Waals surface area (Å²) in [6.07, 6.45) is 3.93. The Hall–Kier alpha value is -1.31. The molecule has 2 rings (SSSR count). The van der Waals surface area contributed by atoms with E-state index >= 15 is 0 Å². The minimum Gasteiger partial charge on any atom is -0.380 e. The second kappa shape index (κ2) is 2.38. The van der Waals surface area contributed by atoms with Crippen molar-refractivity contribution in [3.05, 3.63) is 29.6 Å². The minimum absolute atomic E-state index is 0.943. The Morgan fingerprint density at radius 1 is 1.55 bits per heavy atom. The van der Waals surface area contributed by atoms with Crippen LogP contribution in [0, 0.1) is 0 Å². The Bertz CT molecular complexity index is 302. The number of hydrogen-bond acceptors (Lipinski definition) is 2. The van der Waals surface area contributed by atoms with Crippen LogP contribution < -0.4 is 5.32 Å². The highest BCUT2D eigenvalue weighted by Gasteiger charge is 2.05. The van der Waals surface area contributed by atoms with Gasteiger partial charge in [-0.1, -0.05) is 5.57 Å². The smallest absolute Gasteiger partial charge is 0.0861 e. The maximum absolute atomic E-state index is 4.23. The molecule has 0 atom stereocenters. The van der Waals surface area contributed by atoms with E-state index in [1.807, 2.05) is 18.3 Å². The zero-order chi connectivity index (χ0) is 7.68. The first kappa shape index (κ1) is 6.40. The van der Waals surface area contributed by atoms with Crippen molar-refractivity contribution in [2.75, 3.05) is 11.9 Å². The Morgan fingerprint density at radius 2 is 2.45 bits per heavy atom. The zero-order valence-corrected chi connectivity index (χ0v) is 6.46. The number of hydrogen-bond donors (Lipinski definition) is 1. The molecule has 2 nitrogen and oxygen atoms in total. The van der Waals surface area contributed by atoms with Crippen LogP contribution in [0.5, 0.6) is 0 Å². The molecule has 0 spiro atoms. The summed E-state index contributed by atoms with van der Waals surface area (Å²) in [6.45, 7) is 3.04. The molecule has 0 saturated heterocycles. The fourth-order valence-electron chi connectivity index (χ4n) is 1.20. The standard InChI is InChI=1S/C9H10N2/c1-7-5-9-8(11-6-7)3-2-4-10-9/h2-5,11H,6H2,1H3. The first-order chi connectivity index (χ1) is 5.36. The van der Waals surface area contributed by atoms with Crippen molar-refractivity contribution in [1.29, 1.82) is 0 Å². The van der Waals surface area contributed by atoms with Gasteiger partial charge < -0.3 is 5.32 Å². The topological polar surface area (TPSA) is 24.9 Å². The molecule has 1 aliphatic heterocycles. The van der Waals surface area contributed by atoms with E-state index < -0.39 is 0 Å². The monoisotopic (exact) mass is 146 g/mol. The number of rotatable bonds is 0. The van der Waals surface area contributed by atoms with Crippen molar-refractivity contribution in [2.24, 2.45) is 0 Å². The van der Waals surface area contributed by atoms with Gasteiger partial charge in [-0.05, 0) is 25.1 Å². The second-order valence-corrected chi connectivity index (χ2v) is 2.78. The van der Waals surface area contributed by atoms with Gasteiger partial charge >= 0.3 is 0 Å². The summed E-state index contributed by atoms with van der Waals surface area (Å²) in [6, 6.07) is 3.99. The van der Waals surface area contributed by atoms with E-state index in [1.54, 1.807) is 0 Å². The van der Waals surface area contributed by atoms with E-state index in [0.29, 0.717) is 0 Å². The molecular weight excluding hydrogens is 136 g/mol. The molecule has 0 fully saturated rings. The van der Waals surface area contributed by atoms with Crippen LogP contribution in [0.2, 0.25) is 0 Å². The Balaban J connectivity index is 2.51. The summed E-state index contributed by atoms with van der Waals surface area (Å²) >= 11 is 0. The normalized spacial score (nSPS) is 14.8. The molecule has 0 unspecified atom stereocenters. The van der Waals surface area contributed by atoms with E-state index in [4.69, 9.17) is 0 Å². The fourth-order valence-corrected chi connectivity index (χ4v) is 1.20. The summed E-state index contributed by atoms with van der Waals surface area (Å²) < 4.78 is 0. The lowest BCUT2D eigenvalue weighted by Gasteiger charge is -2.14. The van der Waals surface area contributed by atoms with Gasteiger partial charge in [0.1, 0.15) is 0 Å². The van der Waals surface area contributed by atoms with Crippen molar-refractivity contribution < 1.29 is 0 Å². The van der Waals surface area contributed by atoms with Crippen molar-refractivity contribution in [1.82, 2.24) is 4.98 Å². The van der Waals surface area contributed by atoms with Crippen LogP contribution in [0.25, 0.3) is 6.08 Å². The summed E-state index contributed by atoms with van der Waals surface area (Å²) in [7, 11) is 0. The number of nitrogens with one attached hydrogen (secondary N) is 1. The van der Waals surface area contributed by atoms with E-state index in [1.165, 1.54) is 5.57 Å². The van der Waals surface area contributed by atoms with Gasteiger partial charge in [-0.25, -0.2) is 0 Å².